The van der Waals surface area contributed by atoms with E-state index >= 15 is 0 Å². The van der Waals surface area contributed by atoms with E-state index in [0.717, 1.165) is 37.5 Å². The smallest absolute Gasteiger partial charge is 0.226 e. The van der Waals surface area contributed by atoms with Crippen LogP contribution in [0.2, 0.25) is 0 Å². The van der Waals surface area contributed by atoms with Crippen LogP contribution in [0.3, 0.4) is 0 Å². The first-order valence-electron chi connectivity index (χ1n) is 7.89. The summed E-state index contributed by atoms with van der Waals surface area (Å²) in [5.41, 5.74) is 1.37. The van der Waals surface area contributed by atoms with Gasteiger partial charge in [0, 0.05) is 19.0 Å². The zero-order valence-electron chi connectivity index (χ0n) is 13.5. The van der Waals surface area contributed by atoms with Crippen molar-refractivity contribution in [1.29, 1.82) is 0 Å². The summed E-state index contributed by atoms with van der Waals surface area (Å²) >= 11 is 0. The Morgan fingerprint density at radius 1 is 1.32 bits per heavy atom. The summed E-state index contributed by atoms with van der Waals surface area (Å²) in [6, 6.07) is 8.94. The van der Waals surface area contributed by atoms with Gasteiger partial charge in [-0.15, -0.1) is 0 Å². The zero-order valence-corrected chi connectivity index (χ0v) is 13.5. The number of nitrogens with zero attached hydrogens (tertiary/aromatic N) is 3. The van der Waals surface area contributed by atoms with Crippen LogP contribution < -0.4 is 4.74 Å². The van der Waals surface area contributed by atoms with Gasteiger partial charge >= 0.3 is 0 Å². The van der Waals surface area contributed by atoms with E-state index in [1.165, 1.54) is 5.56 Å². The molecule has 5 heteroatoms. The number of rotatable bonds is 5. The maximum atomic E-state index is 5.23. The Morgan fingerprint density at radius 3 is 2.73 bits per heavy atom. The highest BCUT2D eigenvalue weighted by atomic mass is 16.5. The van der Waals surface area contributed by atoms with Crippen molar-refractivity contribution in [2.75, 3.05) is 13.7 Å². The molecular formula is C17H23N3O2. The molecule has 0 spiro atoms. The van der Waals surface area contributed by atoms with Crippen LogP contribution in [0.1, 0.15) is 43.5 Å². The fourth-order valence-corrected chi connectivity index (χ4v) is 3.12. The molecule has 2 atom stereocenters. The lowest BCUT2D eigenvalue weighted by Crippen LogP contribution is -2.27. The molecule has 3 rings (SSSR count). The first kappa shape index (κ1) is 15.0. The van der Waals surface area contributed by atoms with E-state index < -0.39 is 0 Å². The predicted octanol–water partition coefficient (Wildman–Crippen LogP) is 3.02. The van der Waals surface area contributed by atoms with Gasteiger partial charge in [0.2, 0.25) is 5.89 Å². The standard InChI is InChI=1S/C17H23N3O2/c1-4-17-18-16(19-22-17)11-20-10-14(9-12(20)2)13-5-7-15(21-3)8-6-13/h5-8,12,14H,4,9-11H2,1-3H3/t12-,14-/m0/s1. The van der Waals surface area contributed by atoms with Gasteiger partial charge in [0.15, 0.2) is 5.82 Å². The molecule has 22 heavy (non-hydrogen) atoms. The number of methoxy groups -OCH3 is 1. The van der Waals surface area contributed by atoms with Gasteiger partial charge in [-0.05, 0) is 37.0 Å². The second-order valence-corrected chi connectivity index (χ2v) is 5.94. The lowest BCUT2D eigenvalue weighted by molar-refractivity contribution is 0.247. The second kappa shape index (κ2) is 6.48. The molecule has 2 heterocycles. The number of benzene rings is 1. The van der Waals surface area contributed by atoms with Crippen LogP contribution >= 0.6 is 0 Å². The quantitative estimate of drug-likeness (QED) is 0.849. The van der Waals surface area contributed by atoms with Gasteiger partial charge < -0.3 is 9.26 Å². The maximum absolute atomic E-state index is 5.23. The Bertz CT molecular complexity index is 609. The minimum atomic E-state index is 0.524. The van der Waals surface area contributed by atoms with E-state index in [4.69, 9.17) is 9.26 Å². The summed E-state index contributed by atoms with van der Waals surface area (Å²) in [4.78, 5) is 6.84. The average molecular weight is 301 g/mol. The molecule has 118 valence electrons. The number of hydrogen-bond acceptors (Lipinski definition) is 5. The van der Waals surface area contributed by atoms with Gasteiger partial charge in [-0.1, -0.05) is 24.2 Å². The fraction of sp³-hybridized carbons (Fsp3) is 0.529. The van der Waals surface area contributed by atoms with Gasteiger partial charge in [-0.25, -0.2) is 0 Å². The minimum absolute atomic E-state index is 0.524. The highest BCUT2D eigenvalue weighted by Crippen LogP contribution is 2.33. The van der Waals surface area contributed by atoms with Gasteiger partial charge in [0.1, 0.15) is 5.75 Å². The van der Waals surface area contributed by atoms with E-state index in [0.29, 0.717) is 17.9 Å². The Labute approximate surface area is 131 Å². The van der Waals surface area contributed by atoms with Gasteiger partial charge in [-0.3, -0.25) is 4.90 Å². The van der Waals surface area contributed by atoms with Crippen LogP contribution in [0.4, 0.5) is 0 Å². The molecular weight excluding hydrogens is 278 g/mol. The monoisotopic (exact) mass is 301 g/mol. The summed E-state index contributed by atoms with van der Waals surface area (Å²) in [7, 11) is 1.70. The Kier molecular flexibility index (Phi) is 4.43. The Morgan fingerprint density at radius 2 is 2.09 bits per heavy atom. The van der Waals surface area contributed by atoms with Crippen molar-refractivity contribution in [3.05, 3.63) is 41.5 Å². The molecule has 1 aliphatic rings. The molecule has 1 fully saturated rings. The summed E-state index contributed by atoms with van der Waals surface area (Å²) in [5, 5.41) is 4.06. The molecule has 1 aromatic heterocycles. The number of hydrogen-bond donors (Lipinski definition) is 0. The van der Waals surface area contributed by atoms with Gasteiger partial charge in [-0.2, -0.15) is 4.98 Å². The van der Waals surface area contributed by atoms with Crippen molar-refractivity contribution < 1.29 is 9.26 Å². The van der Waals surface area contributed by atoms with Crippen molar-refractivity contribution in [1.82, 2.24) is 15.0 Å². The number of likely N-dealkylation sites (tertiary alicyclic amines) is 1. The van der Waals surface area contributed by atoms with Crippen LogP contribution in [-0.4, -0.2) is 34.7 Å². The van der Waals surface area contributed by atoms with Crippen LogP contribution in [0.15, 0.2) is 28.8 Å². The summed E-state index contributed by atoms with van der Waals surface area (Å²) in [6.45, 7) is 6.08. The van der Waals surface area contributed by atoms with Crippen LogP contribution in [0.5, 0.6) is 5.75 Å². The molecule has 1 aliphatic heterocycles. The topological polar surface area (TPSA) is 51.4 Å². The highest BCUT2D eigenvalue weighted by molar-refractivity contribution is 5.30. The molecule has 1 saturated heterocycles. The molecule has 5 nitrogen and oxygen atoms in total. The lowest BCUT2D eigenvalue weighted by Gasteiger charge is -2.18. The first-order valence-corrected chi connectivity index (χ1v) is 7.89. The summed E-state index contributed by atoms with van der Waals surface area (Å²) in [5.74, 6) is 2.97. The molecule has 1 aromatic carbocycles. The molecule has 0 saturated carbocycles. The highest BCUT2D eigenvalue weighted by Gasteiger charge is 2.30. The van der Waals surface area contributed by atoms with Crippen molar-refractivity contribution >= 4 is 0 Å². The lowest BCUT2D eigenvalue weighted by atomic mass is 9.97. The molecule has 2 aromatic rings. The third-order valence-corrected chi connectivity index (χ3v) is 4.45. The van der Waals surface area contributed by atoms with E-state index in [9.17, 15) is 0 Å². The van der Waals surface area contributed by atoms with Crippen LogP contribution in [0.25, 0.3) is 0 Å². The molecule has 0 aliphatic carbocycles. The number of ether oxygens (including phenoxy) is 1. The van der Waals surface area contributed by atoms with Crippen molar-refractivity contribution in [2.24, 2.45) is 0 Å². The fourth-order valence-electron chi connectivity index (χ4n) is 3.12. The summed E-state index contributed by atoms with van der Waals surface area (Å²) < 4.78 is 10.4. The maximum Gasteiger partial charge on any atom is 0.226 e. The molecule has 0 N–H and O–H groups in total. The predicted molar refractivity (Wildman–Crippen MR) is 83.9 cm³/mol. The number of aryl methyl sites for hydroxylation is 1. The van der Waals surface area contributed by atoms with E-state index in [2.05, 4.69) is 34.1 Å². The largest absolute Gasteiger partial charge is 0.497 e. The summed E-state index contributed by atoms with van der Waals surface area (Å²) in [6.07, 6.45) is 1.95. The third-order valence-electron chi connectivity index (χ3n) is 4.45. The van der Waals surface area contributed by atoms with Crippen molar-refractivity contribution in [3.63, 3.8) is 0 Å². The zero-order chi connectivity index (χ0) is 15.5. The number of aromatic nitrogens is 2. The third kappa shape index (κ3) is 3.14. The average Bonchev–Trinajstić information content (AvgIpc) is 3.15. The molecule has 0 radical (unpaired) electrons. The van der Waals surface area contributed by atoms with Crippen LogP contribution in [-0.2, 0) is 13.0 Å². The van der Waals surface area contributed by atoms with E-state index in [-0.39, 0.29) is 0 Å². The van der Waals surface area contributed by atoms with E-state index in [1.54, 1.807) is 7.11 Å². The normalized spacial score (nSPS) is 22.1. The molecule has 0 amide bonds. The molecule has 0 bridgehead atoms. The van der Waals surface area contributed by atoms with Gasteiger partial charge in [0.25, 0.3) is 0 Å². The van der Waals surface area contributed by atoms with Crippen molar-refractivity contribution in [2.45, 2.75) is 45.2 Å². The van der Waals surface area contributed by atoms with Gasteiger partial charge in [0.05, 0.1) is 13.7 Å². The van der Waals surface area contributed by atoms with Crippen LogP contribution in [0, 0.1) is 0 Å². The second-order valence-electron chi connectivity index (χ2n) is 5.94. The Balaban J connectivity index is 1.65. The van der Waals surface area contributed by atoms with Crippen molar-refractivity contribution in [3.8, 4) is 5.75 Å². The SMILES string of the molecule is CCc1nc(CN2C[C@@H](c3ccc(OC)cc3)C[C@@H]2C)no1. The minimum Gasteiger partial charge on any atom is -0.497 e. The molecule has 0 unspecified atom stereocenters. The first-order chi connectivity index (χ1) is 10.7. The van der Waals surface area contributed by atoms with E-state index in [1.807, 2.05) is 19.1 Å². The Hall–Kier alpha value is -1.88.